The lowest BCUT2D eigenvalue weighted by Gasteiger charge is -2.49. The second kappa shape index (κ2) is 9.67. The van der Waals surface area contributed by atoms with Crippen molar-refractivity contribution in [2.75, 3.05) is 39.8 Å². The van der Waals surface area contributed by atoms with E-state index in [-0.39, 0.29) is 11.4 Å². The van der Waals surface area contributed by atoms with Gasteiger partial charge >= 0.3 is 0 Å². The van der Waals surface area contributed by atoms with Gasteiger partial charge in [-0.3, -0.25) is 9.69 Å². The van der Waals surface area contributed by atoms with Crippen LogP contribution in [-0.2, 0) is 4.79 Å². The second-order valence-corrected chi connectivity index (χ2v) is 9.30. The first-order valence-electron chi connectivity index (χ1n) is 11.0. The van der Waals surface area contributed by atoms with Crippen molar-refractivity contribution in [2.24, 2.45) is 0 Å². The smallest absolute Gasteiger partial charge is 0.260 e. The van der Waals surface area contributed by atoms with Gasteiger partial charge in [-0.1, -0.05) is 30.9 Å². The van der Waals surface area contributed by atoms with Crippen LogP contribution in [0, 0.1) is 13.8 Å². The number of carbonyl (C=O) groups is 1. The van der Waals surface area contributed by atoms with Crippen LogP contribution in [0.2, 0.25) is 5.02 Å². The minimum atomic E-state index is -0.539. The van der Waals surface area contributed by atoms with E-state index in [1.54, 1.807) is 0 Å². The molecule has 1 aromatic carbocycles. The first kappa shape index (κ1) is 22.4. The van der Waals surface area contributed by atoms with E-state index >= 15 is 0 Å². The fourth-order valence-corrected chi connectivity index (χ4v) is 4.83. The van der Waals surface area contributed by atoms with E-state index in [1.165, 1.54) is 32.1 Å². The largest absolute Gasteiger partial charge is 0.481 e. The van der Waals surface area contributed by atoms with Gasteiger partial charge in [0.15, 0.2) is 6.10 Å². The third-order valence-electron chi connectivity index (χ3n) is 6.64. The van der Waals surface area contributed by atoms with Gasteiger partial charge in [0.05, 0.1) is 0 Å². The van der Waals surface area contributed by atoms with Crippen LogP contribution < -0.4 is 10.1 Å². The average Bonchev–Trinajstić information content (AvgIpc) is 2.71. The molecule has 6 heteroatoms. The maximum atomic E-state index is 12.8. The van der Waals surface area contributed by atoms with E-state index in [1.807, 2.05) is 32.9 Å². The van der Waals surface area contributed by atoms with Gasteiger partial charge in [0.25, 0.3) is 5.91 Å². The van der Waals surface area contributed by atoms with Crippen LogP contribution in [-0.4, -0.2) is 67.1 Å². The number of amides is 1. The monoisotopic (exact) mass is 421 g/mol. The average molecular weight is 422 g/mol. The molecule has 162 valence electrons. The Bertz CT molecular complexity index is 687. The Kier molecular flexibility index (Phi) is 7.47. The molecule has 0 unspecified atom stereocenters. The molecule has 1 N–H and O–H groups in total. The summed E-state index contributed by atoms with van der Waals surface area (Å²) in [7, 11) is 2.19. The second-order valence-electron chi connectivity index (χ2n) is 8.92. The van der Waals surface area contributed by atoms with Crippen LogP contribution in [0.25, 0.3) is 0 Å². The lowest BCUT2D eigenvalue weighted by atomic mass is 9.79. The van der Waals surface area contributed by atoms with Crippen molar-refractivity contribution >= 4 is 17.5 Å². The SMILES string of the molecule is Cc1cc(O[C@H](C)C(=O)NCC2(N3CCN(C)CC3)CCCCC2)cc(C)c1Cl. The van der Waals surface area contributed by atoms with Gasteiger partial charge in [-0.15, -0.1) is 0 Å². The summed E-state index contributed by atoms with van der Waals surface area (Å²) in [6, 6.07) is 3.79. The first-order valence-corrected chi connectivity index (χ1v) is 11.3. The summed E-state index contributed by atoms with van der Waals surface area (Å²) >= 11 is 6.24. The van der Waals surface area contributed by atoms with Gasteiger partial charge in [-0.05, 0) is 63.9 Å². The summed E-state index contributed by atoms with van der Waals surface area (Å²) < 4.78 is 5.93. The van der Waals surface area contributed by atoms with E-state index in [0.717, 1.165) is 42.3 Å². The number of nitrogens with zero attached hydrogens (tertiary/aromatic N) is 2. The number of nitrogens with one attached hydrogen (secondary N) is 1. The molecule has 1 aliphatic heterocycles. The molecule has 3 rings (SSSR count). The number of rotatable bonds is 6. The Morgan fingerprint density at radius 2 is 1.72 bits per heavy atom. The molecule has 2 aliphatic rings. The highest BCUT2D eigenvalue weighted by Crippen LogP contribution is 2.34. The van der Waals surface area contributed by atoms with Gasteiger partial charge in [-0.2, -0.15) is 0 Å². The molecule has 0 spiro atoms. The fourth-order valence-electron chi connectivity index (χ4n) is 4.72. The molecule has 1 saturated heterocycles. The van der Waals surface area contributed by atoms with Gasteiger partial charge in [0.2, 0.25) is 0 Å². The predicted octanol–water partition coefficient (Wildman–Crippen LogP) is 3.79. The van der Waals surface area contributed by atoms with Crippen molar-refractivity contribution in [2.45, 2.75) is 64.5 Å². The molecule has 5 nitrogen and oxygen atoms in total. The van der Waals surface area contributed by atoms with Gasteiger partial charge in [0.1, 0.15) is 5.75 Å². The van der Waals surface area contributed by atoms with Crippen LogP contribution in [0.4, 0.5) is 0 Å². The van der Waals surface area contributed by atoms with Gasteiger partial charge in [-0.25, -0.2) is 0 Å². The lowest BCUT2D eigenvalue weighted by Crippen LogP contribution is -2.62. The maximum Gasteiger partial charge on any atom is 0.260 e. The van der Waals surface area contributed by atoms with Crippen molar-refractivity contribution in [1.29, 1.82) is 0 Å². The number of benzene rings is 1. The highest BCUT2D eigenvalue weighted by Gasteiger charge is 2.39. The van der Waals surface area contributed by atoms with E-state index in [4.69, 9.17) is 16.3 Å². The van der Waals surface area contributed by atoms with Gasteiger partial charge < -0.3 is 15.0 Å². The minimum absolute atomic E-state index is 0.0469. The third kappa shape index (κ3) is 5.44. The number of piperazine rings is 1. The Hall–Kier alpha value is -1.30. The molecule has 1 aromatic rings. The molecule has 1 amide bonds. The third-order valence-corrected chi connectivity index (χ3v) is 7.24. The van der Waals surface area contributed by atoms with Crippen LogP contribution in [0.15, 0.2) is 12.1 Å². The zero-order valence-electron chi connectivity index (χ0n) is 18.4. The number of hydrogen-bond acceptors (Lipinski definition) is 4. The van der Waals surface area contributed by atoms with E-state index < -0.39 is 6.10 Å². The zero-order chi connectivity index (χ0) is 21.0. The van der Waals surface area contributed by atoms with E-state index in [9.17, 15) is 4.79 Å². The van der Waals surface area contributed by atoms with Crippen molar-refractivity contribution in [3.8, 4) is 5.75 Å². The molecule has 1 saturated carbocycles. The van der Waals surface area contributed by atoms with Crippen LogP contribution >= 0.6 is 11.6 Å². The highest BCUT2D eigenvalue weighted by atomic mass is 35.5. The van der Waals surface area contributed by atoms with E-state index in [2.05, 4.69) is 22.2 Å². The molecule has 1 aliphatic carbocycles. The highest BCUT2D eigenvalue weighted by molar-refractivity contribution is 6.32. The first-order chi connectivity index (χ1) is 13.8. The summed E-state index contributed by atoms with van der Waals surface area (Å²) in [6.45, 7) is 10.8. The molecule has 1 atom stereocenters. The quantitative estimate of drug-likeness (QED) is 0.758. The molecule has 2 fully saturated rings. The summed E-state index contributed by atoms with van der Waals surface area (Å²) in [6.07, 6.45) is 5.60. The van der Waals surface area contributed by atoms with Gasteiger partial charge in [0, 0.05) is 43.3 Å². The molecule has 0 bridgehead atoms. The maximum absolute atomic E-state index is 12.8. The molecular weight excluding hydrogens is 386 g/mol. The van der Waals surface area contributed by atoms with Crippen molar-refractivity contribution in [1.82, 2.24) is 15.1 Å². The number of halogens is 1. The Morgan fingerprint density at radius 1 is 1.14 bits per heavy atom. The summed E-state index contributed by atoms with van der Waals surface area (Å²) in [5, 5.41) is 3.97. The Balaban J connectivity index is 1.61. The number of ether oxygens (including phenoxy) is 1. The molecule has 1 heterocycles. The lowest BCUT2D eigenvalue weighted by molar-refractivity contribution is -0.128. The molecule has 0 aromatic heterocycles. The number of likely N-dealkylation sites (N-methyl/N-ethyl adjacent to an activating group) is 1. The number of hydrogen-bond donors (Lipinski definition) is 1. The summed E-state index contributed by atoms with van der Waals surface area (Å²) in [5.74, 6) is 0.646. The number of aryl methyl sites for hydroxylation is 2. The standard InChI is InChI=1S/C23H36ClN3O2/c1-17-14-20(15-18(2)21(17)24)29-19(3)22(28)25-16-23(8-6-5-7-9-23)27-12-10-26(4)11-13-27/h14-15,19H,5-13,16H2,1-4H3,(H,25,28)/t19-/m1/s1. The van der Waals surface area contributed by atoms with Crippen LogP contribution in [0.3, 0.4) is 0 Å². The minimum Gasteiger partial charge on any atom is -0.481 e. The summed E-state index contributed by atoms with van der Waals surface area (Å²) in [5.41, 5.74) is 2.03. The van der Waals surface area contributed by atoms with Crippen molar-refractivity contribution in [3.05, 3.63) is 28.3 Å². The molecule has 0 radical (unpaired) electrons. The topological polar surface area (TPSA) is 44.8 Å². The van der Waals surface area contributed by atoms with Crippen molar-refractivity contribution < 1.29 is 9.53 Å². The summed E-state index contributed by atoms with van der Waals surface area (Å²) in [4.78, 5) is 17.8. The zero-order valence-corrected chi connectivity index (χ0v) is 19.1. The van der Waals surface area contributed by atoms with Crippen LogP contribution in [0.5, 0.6) is 5.75 Å². The molecule has 29 heavy (non-hydrogen) atoms. The predicted molar refractivity (Wildman–Crippen MR) is 119 cm³/mol. The Labute approximate surface area is 180 Å². The number of carbonyl (C=O) groups excluding carboxylic acids is 1. The fraction of sp³-hybridized carbons (Fsp3) is 0.696. The van der Waals surface area contributed by atoms with Crippen molar-refractivity contribution in [3.63, 3.8) is 0 Å². The molecular formula is C23H36ClN3O2. The Morgan fingerprint density at radius 3 is 2.31 bits per heavy atom. The van der Waals surface area contributed by atoms with E-state index in [0.29, 0.717) is 12.3 Å². The normalized spacial score (nSPS) is 21.6. The van der Waals surface area contributed by atoms with Crippen LogP contribution in [0.1, 0.15) is 50.2 Å².